The molecule has 176 valence electrons. The average Bonchev–Trinajstić information content (AvgIpc) is 3.57. The van der Waals surface area contributed by atoms with Crippen LogP contribution in [0.15, 0.2) is 70.5 Å². The summed E-state index contributed by atoms with van der Waals surface area (Å²) in [6.45, 7) is 0. The number of carbonyl (C=O) groups excluding carboxylic acids is 2. The van der Waals surface area contributed by atoms with E-state index in [1.54, 1.807) is 41.8 Å². The normalized spacial score (nSPS) is 11.6. The lowest BCUT2D eigenvalue weighted by molar-refractivity contribution is -0.137. The van der Waals surface area contributed by atoms with E-state index < -0.39 is 23.6 Å². The number of thiophene rings is 1. The molecular weight excluding hydrogens is 483 g/mol. The quantitative estimate of drug-likeness (QED) is 0.350. The Kier molecular flexibility index (Phi) is 5.36. The second-order valence-corrected chi connectivity index (χ2v) is 8.26. The minimum atomic E-state index is -4.56. The van der Waals surface area contributed by atoms with E-state index in [1.807, 2.05) is 0 Å². The van der Waals surface area contributed by atoms with E-state index >= 15 is 0 Å². The fourth-order valence-electron chi connectivity index (χ4n) is 3.48. The second kappa shape index (κ2) is 8.40. The van der Waals surface area contributed by atoms with Crippen LogP contribution < -0.4 is 11.1 Å². The number of carbonyl (C=O) groups is 2. The van der Waals surface area contributed by atoms with Crippen LogP contribution in [0.3, 0.4) is 0 Å². The second-order valence-electron chi connectivity index (χ2n) is 7.32. The van der Waals surface area contributed by atoms with E-state index in [2.05, 4.69) is 15.4 Å². The number of fused-ring (bicyclic) bond motifs is 1. The monoisotopic (exact) mass is 497 g/mol. The van der Waals surface area contributed by atoms with Gasteiger partial charge in [0.2, 0.25) is 11.6 Å². The molecule has 0 saturated heterocycles. The third kappa shape index (κ3) is 4.15. The first-order valence-electron chi connectivity index (χ1n) is 10.0. The van der Waals surface area contributed by atoms with Gasteiger partial charge in [0.05, 0.1) is 16.1 Å². The average molecular weight is 497 g/mol. The van der Waals surface area contributed by atoms with E-state index in [4.69, 9.17) is 10.2 Å². The van der Waals surface area contributed by atoms with Crippen molar-refractivity contribution in [3.8, 4) is 16.4 Å². The molecule has 35 heavy (non-hydrogen) atoms. The minimum absolute atomic E-state index is 0.0474. The minimum Gasteiger partial charge on any atom is -0.449 e. The summed E-state index contributed by atoms with van der Waals surface area (Å²) in [6.07, 6.45) is -4.56. The lowest BCUT2D eigenvalue weighted by Crippen LogP contribution is -2.18. The van der Waals surface area contributed by atoms with Gasteiger partial charge in [-0.2, -0.15) is 13.2 Å². The molecule has 0 bridgehead atoms. The van der Waals surface area contributed by atoms with E-state index in [0.717, 1.165) is 12.1 Å². The number of hydrogen-bond donors (Lipinski definition) is 2. The lowest BCUT2D eigenvalue weighted by atomic mass is 10.2. The van der Waals surface area contributed by atoms with E-state index in [1.165, 1.54) is 28.2 Å². The number of furan rings is 1. The van der Waals surface area contributed by atoms with Crippen molar-refractivity contribution in [2.24, 2.45) is 5.73 Å². The van der Waals surface area contributed by atoms with Crippen LogP contribution in [0, 0.1) is 0 Å². The number of para-hydroxylation sites is 1. The number of halogens is 3. The summed E-state index contributed by atoms with van der Waals surface area (Å²) in [5, 5.41) is 8.93. The molecule has 3 heterocycles. The largest absolute Gasteiger partial charge is 0.449 e. The molecule has 3 N–H and O–H groups in total. The van der Waals surface area contributed by atoms with Gasteiger partial charge >= 0.3 is 6.18 Å². The van der Waals surface area contributed by atoms with Crippen LogP contribution in [0.2, 0.25) is 0 Å². The van der Waals surface area contributed by atoms with Crippen molar-refractivity contribution < 1.29 is 27.2 Å². The summed E-state index contributed by atoms with van der Waals surface area (Å²) in [7, 11) is 0. The topological polar surface area (TPSA) is 116 Å². The van der Waals surface area contributed by atoms with Crippen molar-refractivity contribution in [1.82, 2.24) is 14.8 Å². The van der Waals surface area contributed by atoms with Gasteiger partial charge in [0.25, 0.3) is 11.8 Å². The summed E-state index contributed by atoms with van der Waals surface area (Å²) in [4.78, 5) is 29.8. The maximum absolute atomic E-state index is 13.3. The number of amides is 2. The van der Waals surface area contributed by atoms with Gasteiger partial charge in [-0.3, -0.25) is 9.59 Å². The molecule has 5 aromatic rings. The molecule has 0 aliphatic heterocycles. The van der Waals surface area contributed by atoms with Gasteiger partial charge in [-0.1, -0.05) is 24.3 Å². The van der Waals surface area contributed by atoms with Crippen LogP contribution in [0.1, 0.15) is 26.7 Å². The Morgan fingerprint density at radius 2 is 1.86 bits per heavy atom. The van der Waals surface area contributed by atoms with Gasteiger partial charge in [-0.25, -0.2) is 9.67 Å². The van der Waals surface area contributed by atoms with Crippen molar-refractivity contribution in [3.63, 3.8) is 0 Å². The predicted molar refractivity (Wildman–Crippen MR) is 122 cm³/mol. The molecule has 0 atom stereocenters. The zero-order valence-electron chi connectivity index (χ0n) is 17.5. The smallest absolute Gasteiger partial charge is 0.416 e. The first-order valence-corrected chi connectivity index (χ1v) is 10.9. The number of benzene rings is 2. The highest BCUT2D eigenvalue weighted by atomic mass is 32.1. The Bertz CT molecular complexity index is 1570. The number of nitrogens with two attached hydrogens (primary N) is 1. The molecule has 0 aliphatic rings. The molecule has 0 aliphatic carbocycles. The summed E-state index contributed by atoms with van der Waals surface area (Å²) >= 11 is 1.28. The molecule has 2 amide bonds. The number of anilines is 1. The number of aromatic nitrogens is 3. The number of nitrogens with zero attached hydrogens (tertiary/aromatic N) is 3. The Labute approximate surface area is 198 Å². The highest BCUT2D eigenvalue weighted by molar-refractivity contribution is 7.13. The summed E-state index contributed by atoms with van der Waals surface area (Å²) in [6, 6.07) is 14.6. The standard InChI is InChI=1S/C23H14F3N5O3S/c24-23(25,26)12-5-3-6-13(11-12)31-21(16-9-4-10-35-16)29-20(30-31)22(33)28-17-14-7-1-2-8-15(14)34-18(17)19(27)32/h1-11H,(H2,27,32)(H,28,33). The van der Waals surface area contributed by atoms with Gasteiger partial charge in [0, 0.05) is 5.39 Å². The maximum atomic E-state index is 13.3. The highest BCUT2D eigenvalue weighted by Crippen LogP contribution is 2.33. The summed E-state index contributed by atoms with van der Waals surface area (Å²) in [5.41, 5.74) is 4.98. The first kappa shape index (κ1) is 22.3. The Morgan fingerprint density at radius 1 is 1.06 bits per heavy atom. The third-order valence-corrected chi connectivity index (χ3v) is 5.89. The molecular formula is C23H14F3N5O3S. The fraction of sp³-hybridized carbons (Fsp3) is 0.0435. The molecule has 8 nitrogen and oxygen atoms in total. The van der Waals surface area contributed by atoms with Crippen molar-refractivity contribution in [2.45, 2.75) is 6.18 Å². The van der Waals surface area contributed by atoms with E-state index in [0.29, 0.717) is 15.8 Å². The Balaban J connectivity index is 1.59. The molecule has 0 unspecified atom stereocenters. The van der Waals surface area contributed by atoms with Crippen molar-refractivity contribution in [3.05, 3.63) is 83.2 Å². The zero-order chi connectivity index (χ0) is 24.7. The molecule has 12 heteroatoms. The van der Waals surface area contributed by atoms with Crippen LogP contribution in [-0.4, -0.2) is 26.6 Å². The van der Waals surface area contributed by atoms with Gasteiger partial charge in [0.15, 0.2) is 5.82 Å². The Hall–Kier alpha value is -4.45. The van der Waals surface area contributed by atoms with Crippen LogP contribution >= 0.6 is 11.3 Å². The van der Waals surface area contributed by atoms with Gasteiger partial charge in [-0.05, 0) is 41.8 Å². The SMILES string of the molecule is NC(=O)c1oc2ccccc2c1NC(=O)c1nc(-c2cccs2)n(-c2cccc(C(F)(F)F)c2)n1. The third-order valence-electron chi connectivity index (χ3n) is 5.03. The molecule has 0 radical (unpaired) electrons. The molecule has 5 rings (SSSR count). The zero-order valence-corrected chi connectivity index (χ0v) is 18.4. The molecule has 2 aromatic carbocycles. The number of rotatable bonds is 5. The summed E-state index contributed by atoms with van der Waals surface area (Å²) < 4.78 is 46.5. The van der Waals surface area contributed by atoms with Crippen LogP contribution in [-0.2, 0) is 6.18 Å². The van der Waals surface area contributed by atoms with Crippen LogP contribution in [0.5, 0.6) is 0 Å². The molecule has 0 saturated carbocycles. The molecule has 0 spiro atoms. The first-order chi connectivity index (χ1) is 16.7. The molecule has 0 fully saturated rings. The van der Waals surface area contributed by atoms with E-state index in [9.17, 15) is 22.8 Å². The number of hydrogen-bond acceptors (Lipinski definition) is 6. The number of nitrogens with one attached hydrogen (secondary N) is 1. The van der Waals surface area contributed by atoms with Crippen LogP contribution in [0.25, 0.3) is 27.4 Å². The number of alkyl halides is 3. The number of primary amides is 1. The van der Waals surface area contributed by atoms with E-state index in [-0.39, 0.29) is 28.8 Å². The summed E-state index contributed by atoms with van der Waals surface area (Å²) in [5.74, 6) is -2.10. The molecule has 3 aromatic heterocycles. The Morgan fingerprint density at radius 3 is 2.57 bits per heavy atom. The fourth-order valence-corrected chi connectivity index (χ4v) is 4.18. The van der Waals surface area contributed by atoms with Gasteiger partial charge in [0.1, 0.15) is 11.3 Å². The van der Waals surface area contributed by atoms with Crippen molar-refractivity contribution >= 4 is 39.8 Å². The predicted octanol–water partition coefficient (Wildman–Crippen LogP) is 5.11. The highest BCUT2D eigenvalue weighted by Gasteiger charge is 2.31. The lowest BCUT2D eigenvalue weighted by Gasteiger charge is -2.09. The van der Waals surface area contributed by atoms with Gasteiger partial charge < -0.3 is 15.5 Å². The van der Waals surface area contributed by atoms with Gasteiger partial charge in [-0.15, -0.1) is 16.4 Å². The maximum Gasteiger partial charge on any atom is 0.416 e. The van der Waals surface area contributed by atoms with Crippen molar-refractivity contribution in [2.75, 3.05) is 5.32 Å². The van der Waals surface area contributed by atoms with Crippen molar-refractivity contribution in [1.29, 1.82) is 0 Å². The van der Waals surface area contributed by atoms with Crippen LogP contribution in [0.4, 0.5) is 18.9 Å².